The third kappa shape index (κ3) is 25.4. The quantitative estimate of drug-likeness (QED) is 0.123. The first-order chi connectivity index (χ1) is 14.8. The molecule has 30 heavy (non-hydrogen) atoms. The van der Waals surface area contributed by atoms with Gasteiger partial charge in [-0.15, -0.1) is 0 Å². The van der Waals surface area contributed by atoms with Crippen molar-refractivity contribution in [1.29, 1.82) is 0 Å². The maximum atomic E-state index is 11.5. The molecule has 0 aromatic carbocycles. The summed E-state index contributed by atoms with van der Waals surface area (Å²) in [6.45, 7) is 4.77. The van der Waals surface area contributed by atoms with Gasteiger partial charge in [-0.05, 0) is 6.42 Å². The normalized spacial score (nSPS) is 11.1. The Morgan fingerprint density at radius 3 is 1.47 bits per heavy atom. The lowest BCUT2D eigenvalue weighted by Gasteiger charge is -2.07. The zero-order chi connectivity index (χ0) is 22.0. The Kier molecular flexibility index (Phi) is 25.8. The van der Waals surface area contributed by atoms with Crippen LogP contribution in [0.1, 0.15) is 110 Å². The molecule has 0 N–H and O–H groups in total. The van der Waals surface area contributed by atoms with Crippen molar-refractivity contribution in [2.75, 3.05) is 46.8 Å². The Bertz CT molecular complexity index is 336. The van der Waals surface area contributed by atoms with E-state index in [1.54, 1.807) is 7.11 Å². The van der Waals surface area contributed by atoms with Crippen LogP contribution in [-0.2, 0) is 23.7 Å². The van der Waals surface area contributed by atoms with Gasteiger partial charge in [-0.1, -0.05) is 103 Å². The topological polar surface area (TPSA) is 54.0 Å². The first kappa shape index (κ1) is 29.4. The van der Waals surface area contributed by atoms with E-state index in [-0.39, 0.29) is 12.6 Å². The molecule has 0 aromatic rings. The average Bonchev–Trinajstić information content (AvgIpc) is 2.75. The number of hydrogen-bond donors (Lipinski definition) is 0. The molecule has 0 atom stereocenters. The lowest BCUT2D eigenvalue weighted by atomic mass is 10.0. The van der Waals surface area contributed by atoms with Crippen molar-refractivity contribution in [3.63, 3.8) is 0 Å². The molecule has 0 bridgehead atoms. The van der Waals surface area contributed by atoms with Crippen LogP contribution in [0.5, 0.6) is 0 Å². The summed E-state index contributed by atoms with van der Waals surface area (Å²) in [4.78, 5) is 11.5. The molecule has 0 saturated heterocycles. The number of methoxy groups -OCH3 is 1. The second-order valence-corrected chi connectivity index (χ2v) is 8.18. The summed E-state index contributed by atoms with van der Waals surface area (Å²) in [6.07, 6.45) is 21.5. The van der Waals surface area contributed by atoms with E-state index in [1.165, 1.54) is 89.9 Å². The van der Waals surface area contributed by atoms with Gasteiger partial charge in [-0.3, -0.25) is 0 Å². The summed E-state index contributed by atoms with van der Waals surface area (Å²) in [5.74, 6) is -0.284. The number of unbranched alkanes of at least 4 members (excludes halogenated alkanes) is 15. The van der Waals surface area contributed by atoms with Gasteiger partial charge in [0.1, 0.15) is 6.61 Å². The third-order valence-corrected chi connectivity index (χ3v) is 5.28. The first-order valence-corrected chi connectivity index (χ1v) is 12.6. The van der Waals surface area contributed by atoms with Crippen LogP contribution >= 0.6 is 0 Å². The van der Waals surface area contributed by atoms with Gasteiger partial charge in [0.25, 0.3) is 0 Å². The number of hydrogen-bond acceptors (Lipinski definition) is 5. The Balaban J connectivity index is 3.11. The maximum absolute atomic E-state index is 11.5. The smallest absolute Gasteiger partial charge is 0.332 e. The van der Waals surface area contributed by atoms with Crippen LogP contribution in [0, 0.1) is 0 Å². The second kappa shape index (κ2) is 26.4. The molecule has 0 aliphatic carbocycles. The number of ether oxygens (including phenoxy) is 4. The highest BCUT2D eigenvalue weighted by Crippen LogP contribution is 2.13. The van der Waals surface area contributed by atoms with Crippen LogP contribution in [0.3, 0.4) is 0 Å². The lowest BCUT2D eigenvalue weighted by molar-refractivity contribution is -0.149. The van der Waals surface area contributed by atoms with Crippen molar-refractivity contribution in [3.8, 4) is 0 Å². The third-order valence-electron chi connectivity index (χ3n) is 5.28. The molecule has 180 valence electrons. The standard InChI is InChI=1S/C25H50O5/c1-3-4-5-6-7-8-9-10-11-12-13-14-15-16-17-18-19-30-25(26)24-29-23-22-28-21-20-27-2/h3-24H2,1-2H3. The summed E-state index contributed by atoms with van der Waals surface area (Å²) in [6, 6.07) is 0. The van der Waals surface area contributed by atoms with Gasteiger partial charge < -0.3 is 18.9 Å². The van der Waals surface area contributed by atoms with Crippen molar-refractivity contribution >= 4 is 5.97 Å². The molecule has 0 heterocycles. The highest BCUT2D eigenvalue weighted by molar-refractivity contribution is 5.70. The molecular formula is C25H50O5. The molecule has 0 saturated carbocycles. The predicted octanol–water partition coefficient (Wildman–Crippen LogP) is 6.47. The van der Waals surface area contributed by atoms with Gasteiger partial charge in [0.15, 0.2) is 0 Å². The minimum Gasteiger partial charge on any atom is -0.464 e. The van der Waals surface area contributed by atoms with E-state index < -0.39 is 0 Å². The number of esters is 1. The largest absolute Gasteiger partial charge is 0.464 e. The molecule has 0 radical (unpaired) electrons. The van der Waals surface area contributed by atoms with Gasteiger partial charge in [-0.25, -0.2) is 4.79 Å². The molecule has 0 aliphatic rings. The van der Waals surface area contributed by atoms with Gasteiger partial charge in [0.2, 0.25) is 0 Å². The second-order valence-electron chi connectivity index (χ2n) is 8.18. The Morgan fingerprint density at radius 1 is 0.533 bits per heavy atom. The number of rotatable bonds is 25. The fourth-order valence-electron chi connectivity index (χ4n) is 3.40. The highest BCUT2D eigenvalue weighted by atomic mass is 16.6. The lowest BCUT2D eigenvalue weighted by Crippen LogP contribution is -2.16. The highest BCUT2D eigenvalue weighted by Gasteiger charge is 2.02. The van der Waals surface area contributed by atoms with Crippen LogP contribution in [0.4, 0.5) is 0 Å². The minimum absolute atomic E-state index is 0.00644. The minimum atomic E-state index is -0.284. The van der Waals surface area contributed by atoms with Crippen molar-refractivity contribution in [2.24, 2.45) is 0 Å². The Hall–Kier alpha value is -0.650. The summed E-state index contributed by atoms with van der Waals surface area (Å²) in [7, 11) is 1.63. The van der Waals surface area contributed by atoms with Crippen molar-refractivity contribution in [2.45, 2.75) is 110 Å². The van der Waals surface area contributed by atoms with Gasteiger partial charge >= 0.3 is 5.97 Å². The van der Waals surface area contributed by atoms with E-state index in [0.717, 1.165) is 12.8 Å². The van der Waals surface area contributed by atoms with Crippen molar-refractivity contribution < 1.29 is 23.7 Å². The zero-order valence-electron chi connectivity index (χ0n) is 20.1. The summed E-state index contributed by atoms with van der Waals surface area (Å²) in [5.41, 5.74) is 0. The molecule has 0 spiro atoms. The Labute approximate surface area is 186 Å². The molecular weight excluding hydrogens is 380 g/mol. The summed E-state index contributed by atoms with van der Waals surface area (Å²) < 4.78 is 20.5. The van der Waals surface area contributed by atoms with E-state index >= 15 is 0 Å². The van der Waals surface area contributed by atoms with Crippen LogP contribution in [0.2, 0.25) is 0 Å². The SMILES string of the molecule is CCCCCCCCCCCCCCCCCCOC(=O)COCCOCCOC. The molecule has 5 heteroatoms. The molecule has 5 nitrogen and oxygen atoms in total. The molecule has 0 aromatic heterocycles. The average molecular weight is 431 g/mol. The Morgan fingerprint density at radius 2 is 0.967 bits per heavy atom. The molecule has 0 rings (SSSR count). The van der Waals surface area contributed by atoms with Crippen LogP contribution in [0.25, 0.3) is 0 Å². The summed E-state index contributed by atoms with van der Waals surface area (Å²) in [5, 5.41) is 0. The van der Waals surface area contributed by atoms with E-state index in [2.05, 4.69) is 6.92 Å². The number of carbonyl (C=O) groups is 1. The molecule has 0 amide bonds. The first-order valence-electron chi connectivity index (χ1n) is 12.6. The van der Waals surface area contributed by atoms with E-state index in [0.29, 0.717) is 33.0 Å². The van der Waals surface area contributed by atoms with E-state index in [1.807, 2.05) is 0 Å². The van der Waals surface area contributed by atoms with Crippen molar-refractivity contribution in [1.82, 2.24) is 0 Å². The van der Waals surface area contributed by atoms with Crippen LogP contribution in [0.15, 0.2) is 0 Å². The van der Waals surface area contributed by atoms with Crippen LogP contribution in [-0.4, -0.2) is 52.7 Å². The molecule has 0 unspecified atom stereocenters. The van der Waals surface area contributed by atoms with Gasteiger partial charge in [0, 0.05) is 7.11 Å². The fraction of sp³-hybridized carbons (Fsp3) is 0.960. The van der Waals surface area contributed by atoms with Gasteiger partial charge in [0.05, 0.1) is 33.0 Å². The van der Waals surface area contributed by atoms with Crippen LogP contribution < -0.4 is 0 Å². The van der Waals surface area contributed by atoms with E-state index in [4.69, 9.17) is 18.9 Å². The van der Waals surface area contributed by atoms with Crippen molar-refractivity contribution in [3.05, 3.63) is 0 Å². The number of carbonyl (C=O) groups excluding carboxylic acids is 1. The molecule has 0 aliphatic heterocycles. The zero-order valence-corrected chi connectivity index (χ0v) is 20.1. The monoisotopic (exact) mass is 430 g/mol. The van der Waals surface area contributed by atoms with E-state index in [9.17, 15) is 4.79 Å². The maximum Gasteiger partial charge on any atom is 0.332 e. The predicted molar refractivity (Wildman–Crippen MR) is 124 cm³/mol. The summed E-state index contributed by atoms with van der Waals surface area (Å²) >= 11 is 0. The molecule has 0 fully saturated rings. The fourth-order valence-corrected chi connectivity index (χ4v) is 3.40. The van der Waals surface area contributed by atoms with Gasteiger partial charge in [-0.2, -0.15) is 0 Å².